The van der Waals surface area contributed by atoms with Gasteiger partial charge in [-0.3, -0.25) is 14.7 Å². The molecule has 0 saturated carbocycles. The van der Waals surface area contributed by atoms with Crippen molar-refractivity contribution in [3.63, 3.8) is 0 Å². The molecule has 0 aliphatic heterocycles. The Morgan fingerprint density at radius 2 is 2.00 bits per heavy atom. The number of nitrogens with one attached hydrogen (secondary N) is 1. The van der Waals surface area contributed by atoms with Gasteiger partial charge in [-0.15, -0.1) is 9.94 Å². The van der Waals surface area contributed by atoms with Gasteiger partial charge in [0.2, 0.25) is 5.95 Å². The topological polar surface area (TPSA) is 113 Å². The first-order chi connectivity index (χ1) is 14.6. The molecular formula is C20H20FN7O3. The van der Waals surface area contributed by atoms with Crippen LogP contribution in [-0.2, 0) is 0 Å². The number of aryl methyl sites for hydroxylation is 1. The van der Waals surface area contributed by atoms with E-state index in [0.29, 0.717) is 16.6 Å². The molecule has 1 N–H and O–H groups in total. The number of fused-ring (bicyclic) bond motifs is 1. The summed E-state index contributed by atoms with van der Waals surface area (Å²) < 4.78 is 16.2. The van der Waals surface area contributed by atoms with Gasteiger partial charge in [0, 0.05) is 23.7 Å². The number of anilines is 2. The highest BCUT2D eigenvalue weighted by Crippen LogP contribution is 2.28. The molecule has 160 valence electrons. The van der Waals surface area contributed by atoms with Crippen LogP contribution in [0.2, 0.25) is 0 Å². The number of nitro benzene ring substituents is 1. The third-order valence-corrected chi connectivity index (χ3v) is 4.34. The van der Waals surface area contributed by atoms with Crippen molar-refractivity contribution < 1.29 is 14.2 Å². The molecular weight excluding hydrogens is 405 g/mol. The van der Waals surface area contributed by atoms with E-state index in [-0.39, 0.29) is 17.5 Å². The average Bonchev–Trinajstić information content (AvgIpc) is 3.25. The Hall–Kier alpha value is -4.02. The van der Waals surface area contributed by atoms with Gasteiger partial charge in [0.1, 0.15) is 5.60 Å². The number of hydrogen-bond acceptors (Lipinski definition) is 7. The van der Waals surface area contributed by atoms with Gasteiger partial charge in [0.25, 0.3) is 5.69 Å². The SMILES string of the molecule is Cc1cn(-c2nc(Nc3cnn(OC(C)(C)C)c3)ncc2F)c2ccc([N+](=O)[O-])cc12. The van der Waals surface area contributed by atoms with Crippen LogP contribution in [0.25, 0.3) is 16.7 Å². The second kappa shape index (κ2) is 7.35. The van der Waals surface area contributed by atoms with Gasteiger partial charge in [0.15, 0.2) is 11.6 Å². The van der Waals surface area contributed by atoms with Crippen LogP contribution in [0.5, 0.6) is 0 Å². The molecule has 0 spiro atoms. The first-order valence-electron chi connectivity index (χ1n) is 9.41. The van der Waals surface area contributed by atoms with E-state index in [1.54, 1.807) is 30.0 Å². The van der Waals surface area contributed by atoms with E-state index in [1.807, 2.05) is 20.8 Å². The van der Waals surface area contributed by atoms with Crippen LogP contribution < -0.4 is 10.2 Å². The number of benzene rings is 1. The molecule has 3 aromatic heterocycles. The molecule has 0 unspecified atom stereocenters. The fourth-order valence-electron chi connectivity index (χ4n) is 3.09. The van der Waals surface area contributed by atoms with Crippen molar-refractivity contribution >= 4 is 28.2 Å². The quantitative estimate of drug-likeness (QED) is 0.380. The third-order valence-electron chi connectivity index (χ3n) is 4.34. The molecule has 0 amide bonds. The smallest absolute Gasteiger partial charge is 0.270 e. The van der Waals surface area contributed by atoms with Gasteiger partial charge in [-0.25, -0.2) is 9.37 Å². The van der Waals surface area contributed by atoms with Gasteiger partial charge in [0.05, 0.1) is 34.7 Å². The van der Waals surface area contributed by atoms with Gasteiger partial charge < -0.3 is 10.2 Å². The highest BCUT2D eigenvalue weighted by atomic mass is 19.1. The van der Waals surface area contributed by atoms with Crippen LogP contribution in [0.4, 0.5) is 21.7 Å². The fourth-order valence-corrected chi connectivity index (χ4v) is 3.09. The summed E-state index contributed by atoms with van der Waals surface area (Å²) in [6.45, 7) is 7.49. The van der Waals surface area contributed by atoms with E-state index < -0.39 is 16.3 Å². The number of aromatic nitrogens is 5. The first-order valence-corrected chi connectivity index (χ1v) is 9.41. The minimum Gasteiger partial charge on any atom is -0.391 e. The standard InChI is InChI=1S/C20H20FN7O3/c1-12-10-26(17-6-5-14(28(29)30)7-15(12)17)18-16(21)9-22-19(25-18)24-13-8-23-27(11-13)31-20(2,3)4/h5-11H,1-4H3,(H,22,24,25). The summed E-state index contributed by atoms with van der Waals surface area (Å²) in [6.07, 6.45) is 5.89. The number of non-ortho nitro benzene ring substituents is 1. The lowest BCUT2D eigenvalue weighted by atomic mass is 10.2. The Morgan fingerprint density at radius 3 is 2.71 bits per heavy atom. The third kappa shape index (κ3) is 4.15. The highest BCUT2D eigenvalue weighted by Gasteiger charge is 2.17. The summed E-state index contributed by atoms with van der Waals surface area (Å²) in [5.74, 6) is -0.455. The summed E-state index contributed by atoms with van der Waals surface area (Å²) in [5, 5.41) is 18.8. The summed E-state index contributed by atoms with van der Waals surface area (Å²) in [6, 6.07) is 4.41. The fraction of sp³-hybridized carbons (Fsp3) is 0.250. The minimum absolute atomic E-state index is 0.0165. The van der Waals surface area contributed by atoms with Crippen LogP contribution in [0.1, 0.15) is 26.3 Å². The zero-order valence-electron chi connectivity index (χ0n) is 17.3. The monoisotopic (exact) mass is 425 g/mol. The molecule has 4 aromatic rings. The Balaban J connectivity index is 1.68. The number of nitrogens with zero attached hydrogens (tertiary/aromatic N) is 6. The van der Waals surface area contributed by atoms with E-state index in [9.17, 15) is 14.5 Å². The van der Waals surface area contributed by atoms with Gasteiger partial charge in [-0.05, 0) is 39.3 Å². The maximum absolute atomic E-state index is 14.6. The number of halogens is 1. The molecule has 10 nitrogen and oxygen atoms in total. The van der Waals surface area contributed by atoms with Crippen molar-refractivity contribution in [1.29, 1.82) is 0 Å². The van der Waals surface area contributed by atoms with Gasteiger partial charge >= 0.3 is 0 Å². The lowest BCUT2D eigenvalue weighted by Gasteiger charge is -2.19. The van der Waals surface area contributed by atoms with Gasteiger partial charge in [-0.2, -0.15) is 4.98 Å². The predicted molar refractivity (Wildman–Crippen MR) is 112 cm³/mol. The molecule has 4 rings (SSSR count). The Labute approximate surface area is 176 Å². The first kappa shape index (κ1) is 20.3. The molecule has 0 radical (unpaired) electrons. The van der Waals surface area contributed by atoms with Crippen molar-refractivity contribution in [3.05, 3.63) is 64.5 Å². The lowest BCUT2D eigenvalue weighted by molar-refractivity contribution is -0.384. The predicted octanol–water partition coefficient (Wildman–Crippen LogP) is 3.94. The van der Waals surface area contributed by atoms with E-state index in [1.165, 1.54) is 23.2 Å². The Kier molecular flexibility index (Phi) is 4.80. The van der Waals surface area contributed by atoms with Crippen LogP contribution in [0.3, 0.4) is 0 Å². The van der Waals surface area contributed by atoms with E-state index in [4.69, 9.17) is 4.84 Å². The van der Waals surface area contributed by atoms with Crippen LogP contribution >= 0.6 is 0 Å². The molecule has 0 aliphatic carbocycles. The number of nitro groups is 1. The maximum Gasteiger partial charge on any atom is 0.270 e. The average molecular weight is 425 g/mol. The van der Waals surface area contributed by atoms with Crippen molar-refractivity contribution in [2.75, 3.05) is 5.32 Å². The number of hydrogen-bond donors (Lipinski definition) is 1. The van der Waals surface area contributed by atoms with Crippen LogP contribution in [0, 0.1) is 22.9 Å². The Bertz CT molecular complexity index is 1290. The molecule has 0 saturated heterocycles. The zero-order chi connectivity index (χ0) is 22.3. The molecule has 1 aromatic carbocycles. The van der Waals surface area contributed by atoms with E-state index >= 15 is 0 Å². The van der Waals surface area contributed by atoms with Crippen molar-refractivity contribution in [2.45, 2.75) is 33.3 Å². The van der Waals surface area contributed by atoms with E-state index in [0.717, 1.165) is 11.8 Å². The molecule has 0 bridgehead atoms. The molecule has 0 fully saturated rings. The lowest BCUT2D eigenvalue weighted by Crippen LogP contribution is -2.31. The van der Waals surface area contributed by atoms with Crippen LogP contribution in [-0.4, -0.2) is 35.0 Å². The second-order valence-corrected chi connectivity index (χ2v) is 7.97. The van der Waals surface area contributed by atoms with E-state index in [2.05, 4.69) is 20.4 Å². The molecule has 3 heterocycles. The number of rotatable bonds is 5. The summed E-state index contributed by atoms with van der Waals surface area (Å²) in [5.41, 5.74) is 1.45. The van der Waals surface area contributed by atoms with Crippen molar-refractivity contribution in [1.82, 2.24) is 24.5 Å². The normalized spacial score (nSPS) is 11.6. The summed E-state index contributed by atoms with van der Waals surface area (Å²) in [4.78, 5) is 25.8. The zero-order valence-corrected chi connectivity index (χ0v) is 17.3. The molecule has 0 aliphatic rings. The minimum atomic E-state index is -0.632. The summed E-state index contributed by atoms with van der Waals surface area (Å²) >= 11 is 0. The second-order valence-electron chi connectivity index (χ2n) is 7.97. The summed E-state index contributed by atoms with van der Waals surface area (Å²) in [7, 11) is 0. The highest BCUT2D eigenvalue weighted by molar-refractivity contribution is 5.87. The van der Waals surface area contributed by atoms with Crippen molar-refractivity contribution in [3.8, 4) is 5.82 Å². The van der Waals surface area contributed by atoms with Crippen LogP contribution in [0.15, 0.2) is 43.0 Å². The van der Waals surface area contributed by atoms with Crippen molar-refractivity contribution in [2.24, 2.45) is 0 Å². The maximum atomic E-state index is 14.6. The van der Waals surface area contributed by atoms with Gasteiger partial charge in [-0.1, -0.05) is 0 Å². The Morgan fingerprint density at radius 1 is 1.23 bits per heavy atom. The largest absolute Gasteiger partial charge is 0.391 e. The molecule has 31 heavy (non-hydrogen) atoms. The molecule has 0 atom stereocenters. The molecule has 11 heteroatoms.